The monoisotopic (exact) mass is 263 g/mol. The van der Waals surface area contributed by atoms with Crippen molar-refractivity contribution in [3.05, 3.63) is 23.8 Å². The molecule has 0 aliphatic carbocycles. The molecular formula is C16H25NO2. The quantitative estimate of drug-likeness (QED) is 0.827. The zero-order chi connectivity index (χ0) is 13.9. The van der Waals surface area contributed by atoms with Crippen LogP contribution in [-0.2, 0) is 10.2 Å². The summed E-state index contributed by atoms with van der Waals surface area (Å²) < 4.78 is 11.3. The fourth-order valence-corrected chi connectivity index (χ4v) is 2.26. The van der Waals surface area contributed by atoms with Crippen LogP contribution in [0.2, 0.25) is 0 Å². The molecule has 1 aromatic rings. The number of nitrogen functional groups attached to an aromatic ring is 1. The van der Waals surface area contributed by atoms with Gasteiger partial charge in [-0.3, -0.25) is 0 Å². The van der Waals surface area contributed by atoms with E-state index in [0.717, 1.165) is 37.3 Å². The molecule has 2 N–H and O–H groups in total. The molecule has 0 aromatic heterocycles. The molecule has 1 aliphatic rings. The average Bonchev–Trinajstić information content (AvgIpc) is 2.90. The van der Waals surface area contributed by atoms with E-state index in [1.165, 1.54) is 5.56 Å². The molecule has 1 saturated heterocycles. The van der Waals surface area contributed by atoms with E-state index in [9.17, 15) is 0 Å². The Bertz CT molecular complexity index is 423. The second-order valence-electron chi connectivity index (χ2n) is 5.94. The first kappa shape index (κ1) is 14.2. The van der Waals surface area contributed by atoms with Gasteiger partial charge in [-0.25, -0.2) is 0 Å². The second-order valence-corrected chi connectivity index (χ2v) is 5.94. The molecule has 3 nitrogen and oxygen atoms in total. The van der Waals surface area contributed by atoms with Gasteiger partial charge in [0, 0.05) is 6.61 Å². The van der Waals surface area contributed by atoms with Crippen LogP contribution in [0.25, 0.3) is 0 Å². The molecular weight excluding hydrogens is 238 g/mol. The van der Waals surface area contributed by atoms with Crippen LogP contribution in [0.4, 0.5) is 5.69 Å². The molecule has 0 spiro atoms. The van der Waals surface area contributed by atoms with Gasteiger partial charge in [0.05, 0.1) is 11.8 Å². The van der Waals surface area contributed by atoms with Crippen LogP contribution < -0.4 is 10.5 Å². The molecule has 0 bridgehead atoms. The highest BCUT2D eigenvalue weighted by atomic mass is 16.5. The van der Waals surface area contributed by atoms with Crippen LogP contribution in [-0.4, -0.2) is 19.3 Å². The molecule has 0 saturated carbocycles. The number of nitrogens with two attached hydrogens (primary N) is 1. The lowest BCUT2D eigenvalue weighted by Gasteiger charge is -2.24. The van der Waals surface area contributed by atoms with Crippen molar-refractivity contribution in [3.8, 4) is 5.75 Å². The first-order valence-corrected chi connectivity index (χ1v) is 7.17. The molecule has 19 heavy (non-hydrogen) atoms. The van der Waals surface area contributed by atoms with Crippen molar-refractivity contribution >= 4 is 5.69 Å². The van der Waals surface area contributed by atoms with Crippen molar-refractivity contribution in [2.24, 2.45) is 0 Å². The van der Waals surface area contributed by atoms with Gasteiger partial charge in [-0.1, -0.05) is 26.8 Å². The van der Waals surface area contributed by atoms with E-state index in [2.05, 4.69) is 26.8 Å². The van der Waals surface area contributed by atoms with Crippen LogP contribution in [0.3, 0.4) is 0 Å². The Balaban J connectivity index is 2.02. The molecule has 0 amide bonds. The van der Waals surface area contributed by atoms with Crippen molar-refractivity contribution in [1.82, 2.24) is 0 Å². The van der Waals surface area contributed by atoms with Crippen LogP contribution in [0, 0.1) is 0 Å². The summed E-state index contributed by atoms with van der Waals surface area (Å²) in [5.74, 6) is 0.770. The van der Waals surface area contributed by atoms with Gasteiger partial charge in [0.25, 0.3) is 0 Å². The van der Waals surface area contributed by atoms with Gasteiger partial charge < -0.3 is 15.2 Å². The zero-order valence-corrected chi connectivity index (χ0v) is 12.2. The predicted molar refractivity (Wildman–Crippen MR) is 78.6 cm³/mol. The van der Waals surface area contributed by atoms with Gasteiger partial charge in [-0.2, -0.15) is 0 Å². The van der Waals surface area contributed by atoms with Gasteiger partial charge in [0.1, 0.15) is 12.4 Å². The Morgan fingerprint density at radius 3 is 2.79 bits per heavy atom. The van der Waals surface area contributed by atoms with E-state index in [1.807, 2.05) is 12.1 Å². The third-order valence-electron chi connectivity index (χ3n) is 4.12. The second kappa shape index (κ2) is 5.83. The van der Waals surface area contributed by atoms with Gasteiger partial charge in [-0.05, 0) is 42.4 Å². The Labute approximate surface area is 116 Å². The van der Waals surface area contributed by atoms with Gasteiger partial charge in [-0.15, -0.1) is 0 Å². The van der Waals surface area contributed by atoms with Crippen LogP contribution in [0.15, 0.2) is 18.2 Å². The topological polar surface area (TPSA) is 44.5 Å². The number of anilines is 1. The maximum Gasteiger partial charge on any atom is 0.142 e. The van der Waals surface area contributed by atoms with Crippen molar-refractivity contribution in [2.45, 2.75) is 51.6 Å². The minimum atomic E-state index is 0.154. The predicted octanol–water partition coefficient (Wildman–Crippen LogP) is 3.51. The third kappa shape index (κ3) is 3.41. The molecule has 0 radical (unpaired) electrons. The summed E-state index contributed by atoms with van der Waals surface area (Å²) in [4.78, 5) is 0. The first-order valence-electron chi connectivity index (χ1n) is 7.17. The highest BCUT2D eigenvalue weighted by Gasteiger charge is 2.20. The van der Waals surface area contributed by atoms with E-state index < -0.39 is 0 Å². The molecule has 1 aliphatic heterocycles. The maximum absolute atomic E-state index is 6.09. The fraction of sp³-hybridized carbons (Fsp3) is 0.625. The Morgan fingerprint density at radius 2 is 2.21 bits per heavy atom. The van der Waals surface area contributed by atoms with Crippen LogP contribution >= 0.6 is 0 Å². The number of benzene rings is 1. The summed E-state index contributed by atoms with van der Waals surface area (Å²) >= 11 is 0. The summed E-state index contributed by atoms with van der Waals surface area (Å²) in [6, 6.07) is 6.13. The summed E-state index contributed by atoms with van der Waals surface area (Å²) in [7, 11) is 0. The fourth-order valence-electron chi connectivity index (χ4n) is 2.26. The van der Waals surface area contributed by atoms with Crippen LogP contribution in [0.1, 0.15) is 45.6 Å². The molecule has 1 fully saturated rings. The zero-order valence-electron chi connectivity index (χ0n) is 12.2. The molecule has 106 valence electrons. The Hall–Kier alpha value is -1.22. The smallest absolute Gasteiger partial charge is 0.142 e. The molecule has 1 atom stereocenters. The minimum Gasteiger partial charge on any atom is -0.489 e. The van der Waals surface area contributed by atoms with E-state index in [1.54, 1.807) is 0 Å². The van der Waals surface area contributed by atoms with E-state index in [0.29, 0.717) is 6.61 Å². The summed E-state index contributed by atoms with van der Waals surface area (Å²) in [6.45, 7) is 8.11. The van der Waals surface area contributed by atoms with Crippen molar-refractivity contribution in [3.63, 3.8) is 0 Å². The number of hydrogen-bond donors (Lipinski definition) is 1. The molecule has 1 unspecified atom stereocenters. The highest BCUT2D eigenvalue weighted by molar-refractivity contribution is 5.55. The standard InChI is InChI=1S/C16H25NO2/c1-4-16(2,3)12-7-8-15(14(17)10-12)19-11-13-6-5-9-18-13/h7-8,10,13H,4-6,9,11,17H2,1-3H3. The largest absolute Gasteiger partial charge is 0.489 e. The van der Waals surface area contributed by atoms with E-state index in [4.69, 9.17) is 15.2 Å². The Morgan fingerprint density at radius 1 is 1.42 bits per heavy atom. The minimum absolute atomic E-state index is 0.154. The highest BCUT2D eigenvalue weighted by Crippen LogP contribution is 2.32. The first-order chi connectivity index (χ1) is 9.03. The lowest BCUT2D eigenvalue weighted by Crippen LogP contribution is -2.18. The van der Waals surface area contributed by atoms with Crippen molar-refractivity contribution in [1.29, 1.82) is 0 Å². The van der Waals surface area contributed by atoms with Gasteiger partial charge in [0.15, 0.2) is 0 Å². The Kier molecular flexibility index (Phi) is 4.35. The van der Waals surface area contributed by atoms with Gasteiger partial charge in [0.2, 0.25) is 0 Å². The molecule has 2 rings (SSSR count). The third-order valence-corrected chi connectivity index (χ3v) is 4.12. The van der Waals surface area contributed by atoms with Gasteiger partial charge >= 0.3 is 0 Å². The molecule has 3 heteroatoms. The summed E-state index contributed by atoms with van der Waals surface area (Å²) in [5, 5.41) is 0. The lowest BCUT2D eigenvalue weighted by atomic mass is 9.82. The SMILES string of the molecule is CCC(C)(C)c1ccc(OCC2CCCO2)c(N)c1. The van der Waals surface area contributed by atoms with Crippen LogP contribution in [0.5, 0.6) is 5.75 Å². The summed E-state index contributed by atoms with van der Waals surface area (Å²) in [5.41, 5.74) is 8.23. The lowest BCUT2D eigenvalue weighted by molar-refractivity contribution is 0.0682. The summed E-state index contributed by atoms with van der Waals surface area (Å²) in [6.07, 6.45) is 3.53. The average molecular weight is 263 g/mol. The van der Waals surface area contributed by atoms with Crippen molar-refractivity contribution < 1.29 is 9.47 Å². The maximum atomic E-state index is 6.09. The number of rotatable bonds is 5. The van der Waals surface area contributed by atoms with E-state index >= 15 is 0 Å². The normalized spacial score (nSPS) is 19.6. The molecule has 1 aromatic carbocycles. The van der Waals surface area contributed by atoms with Crippen molar-refractivity contribution in [2.75, 3.05) is 18.9 Å². The van der Waals surface area contributed by atoms with E-state index in [-0.39, 0.29) is 11.5 Å². The number of hydrogen-bond acceptors (Lipinski definition) is 3. The number of ether oxygens (including phenoxy) is 2. The molecule has 1 heterocycles.